The number of benzene rings is 2. The molecule has 0 bridgehead atoms. The summed E-state index contributed by atoms with van der Waals surface area (Å²) < 4.78 is 29.0. The van der Waals surface area contributed by atoms with E-state index in [0.717, 1.165) is 0 Å². The van der Waals surface area contributed by atoms with Gasteiger partial charge in [-0.1, -0.05) is 27.5 Å². The third-order valence-electron chi connectivity index (χ3n) is 2.80. The van der Waals surface area contributed by atoms with Crippen molar-refractivity contribution < 1.29 is 8.78 Å². The van der Waals surface area contributed by atoms with Crippen molar-refractivity contribution in [2.75, 3.05) is 0 Å². The van der Waals surface area contributed by atoms with E-state index >= 15 is 0 Å². The van der Waals surface area contributed by atoms with Gasteiger partial charge in [-0.15, -0.1) is 0 Å². The lowest BCUT2D eigenvalue weighted by molar-refractivity contribution is 0.507. The predicted molar refractivity (Wildman–Crippen MR) is 82.4 cm³/mol. The zero-order valence-electron chi connectivity index (χ0n) is 9.93. The Morgan fingerprint density at radius 2 is 1.75 bits per heavy atom. The molecule has 0 aliphatic carbocycles. The van der Waals surface area contributed by atoms with Gasteiger partial charge in [0.15, 0.2) is 0 Å². The summed E-state index contributed by atoms with van der Waals surface area (Å²) in [5, 5.41) is 0.444. The van der Waals surface area contributed by atoms with E-state index in [1.807, 2.05) is 0 Å². The van der Waals surface area contributed by atoms with Gasteiger partial charge in [0.05, 0.1) is 10.5 Å². The first-order valence-electron chi connectivity index (χ1n) is 5.50. The number of hydrogen-bond donors (Lipinski definition) is 2. The third kappa shape index (κ3) is 3.04. The van der Waals surface area contributed by atoms with Gasteiger partial charge in [0.25, 0.3) is 0 Å². The van der Waals surface area contributed by atoms with E-state index in [1.54, 1.807) is 18.2 Å². The molecule has 3 N–H and O–H groups in total. The number of halogens is 5. The molecular formula is C13H9Br2ClF2N2. The summed E-state index contributed by atoms with van der Waals surface area (Å²) in [6, 6.07) is 6.54. The van der Waals surface area contributed by atoms with Crippen LogP contribution < -0.4 is 11.3 Å². The van der Waals surface area contributed by atoms with Gasteiger partial charge in [-0.2, -0.15) is 0 Å². The molecule has 0 aliphatic rings. The summed E-state index contributed by atoms with van der Waals surface area (Å²) in [6.45, 7) is 0. The highest BCUT2D eigenvalue weighted by Crippen LogP contribution is 2.34. The molecule has 0 amide bonds. The van der Waals surface area contributed by atoms with Crippen LogP contribution in [0.3, 0.4) is 0 Å². The normalized spacial score (nSPS) is 12.5. The average molecular weight is 426 g/mol. The Hall–Kier alpha value is -0.530. The van der Waals surface area contributed by atoms with Crippen molar-refractivity contribution in [3.8, 4) is 0 Å². The standard InChI is InChI=1S/C13H9Br2ClF2N2/c14-8-2-1-6(16)5-7(8)13(20-19)11-10(17)4-3-9(15)12(11)18/h1-5,13,20H,19H2. The van der Waals surface area contributed by atoms with Crippen molar-refractivity contribution in [3.63, 3.8) is 0 Å². The molecular weight excluding hydrogens is 417 g/mol. The molecule has 0 saturated heterocycles. The molecule has 0 fully saturated rings. The van der Waals surface area contributed by atoms with E-state index in [-0.39, 0.29) is 10.0 Å². The highest BCUT2D eigenvalue weighted by molar-refractivity contribution is 9.10. The molecule has 2 rings (SSSR count). The smallest absolute Gasteiger partial charge is 0.145 e. The lowest BCUT2D eigenvalue weighted by atomic mass is 9.98. The number of rotatable bonds is 3. The summed E-state index contributed by atoms with van der Waals surface area (Å²) in [4.78, 5) is 0. The first-order valence-corrected chi connectivity index (χ1v) is 7.46. The van der Waals surface area contributed by atoms with Crippen LogP contribution >= 0.6 is 43.5 Å². The minimum Gasteiger partial charge on any atom is -0.271 e. The van der Waals surface area contributed by atoms with Crippen LogP contribution in [0.25, 0.3) is 0 Å². The fourth-order valence-corrected chi connectivity index (χ4v) is 2.87. The molecule has 0 heterocycles. The predicted octanol–water partition coefficient (Wildman–Crippen LogP) is 4.70. The highest BCUT2D eigenvalue weighted by Gasteiger charge is 2.24. The van der Waals surface area contributed by atoms with Crippen LogP contribution in [0.1, 0.15) is 17.2 Å². The molecule has 0 radical (unpaired) electrons. The number of nitrogens with two attached hydrogens (primary N) is 1. The van der Waals surface area contributed by atoms with Gasteiger partial charge in [-0.05, 0) is 51.8 Å². The molecule has 2 nitrogen and oxygen atoms in total. The Morgan fingerprint density at radius 1 is 1.10 bits per heavy atom. The van der Waals surface area contributed by atoms with Crippen LogP contribution in [0.15, 0.2) is 39.3 Å². The number of hydrogen-bond acceptors (Lipinski definition) is 2. The van der Waals surface area contributed by atoms with Gasteiger partial charge in [-0.3, -0.25) is 5.84 Å². The molecule has 2 aromatic rings. The van der Waals surface area contributed by atoms with Crippen molar-refractivity contribution in [1.82, 2.24) is 5.43 Å². The van der Waals surface area contributed by atoms with E-state index in [0.29, 0.717) is 15.1 Å². The van der Waals surface area contributed by atoms with Crippen LogP contribution in [0.2, 0.25) is 5.02 Å². The molecule has 106 valence electrons. The quantitative estimate of drug-likeness (QED) is 0.424. The van der Waals surface area contributed by atoms with Gasteiger partial charge in [0.2, 0.25) is 0 Å². The molecule has 0 saturated carbocycles. The first-order chi connectivity index (χ1) is 9.45. The van der Waals surface area contributed by atoms with E-state index < -0.39 is 17.7 Å². The van der Waals surface area contributed by atoms with Gasteiger partial charge in [-0.25, -0.2) is 14.2 Å². The second-order valence-corrected chi connectivity index (χ2v) is 6.17. The Kier molecular flexibility index (Phi) is 5.14. The molecule has 2 aromatic carbocycles. The summed E-state index contributed by atoms with van der Waals surface area (Å²) in [5.74, 6) is 4.08. The first kappa shape index (κ1) is 15.9. The molecule has 7 heteroatoms. The van der Waals surface area contributed by atoms with Crippen molar-refractivity contribution in [2.24, 2.45) is 5.84 Å². The number of hydrazine groups is 1. The molecule has 0 spiro atoms. The van der Waals surface area contributed by atoms with Gasteiger partial charge >= 0.3 is 0 Å². The van der Waals surface area contributed by atoms with E-state index in [1.165, 1.54) is 12.1 Å². The minimum absolute atomic E-state index is 0.160. The Balaban J connectivity index is 2.64. The van der Waals surface area contributed by atoms with Gasteiger partial charge in [0.1, 0.15) is 11.6 Å². The minimum atomic E-state index is -0.874. The van der Waals surface area contributed by atoms with Gasteiger partial charge < -0.3 is 0 Å². The van der Waals surface area contributed by atoms with E-state index in [2.05, 4.69) is 37.3 Å². The van der Waals surface area contributed by atoms with Crippen LogP contribution in [0.5, 0.6) is 0 Å². The molecule has 0 aliphatic heterocycles. The SMILES string of the molecule is NNC(c1cc(Cl)ccc1Br)c1c(F)ccc(Br)c1F. The zero-order chi connectivity index (χ0) is 14.9. The second-order valence-electron chi connectivity index (χ2n) is 4.02. The van der Waals surface area contributed by atoms with Crippen molar-refractivity contribution in [2.45, 2.75) is 6.04 Å². The lowest BCUT2D eigenvalue weighted by Crippen LogP contribution is -2.30. The summed E-state index contributed by atoms with van der Waals surface area (Å²) >= 11 is 12.3. The van der Waals surface area contributed by atoms with E-state index in [4.69, 9.17) is 17.4 Å². The van der Waals surface area contributed by atoms with E-state index in [9.17, 15) is 8.78 Å². The summed E-state index contributed by atoms with van der Waals surface area (Å²) in [7, 11) is 0. The van der Waals surface area contributed by atoms with Crippen molar-refractivity contribution in [3.05, 3.63) is 67.1 Å². The third-order valence-corrected chi connectivity index (χ3v) is 4.37. The zero-order valence-corrected chi connectivity index (χ0v) is 13.9. The maximum absolute atomic E-state index is 14.2. The second kappa shape index (κ2) is 6.49. The average Bonchev–Trinajstić information content (AvgIpc) is 2.42. The maximum Gasteiger partial charge on any atom is 0.145 e. The van der Waals surface area contributed by atoms with Gasteiger partial charge in [0, 0.05) is 15.1 Å². The highest BCUT2D eigenvalue weighted by atomic mass is 79.9. The Bertz CT molecular complexity index is 653. The molecule has 1 unspecified atom stereocenters. The number of nitrogens with one attached hydrogen (secondary N) is 1. The Morgan fingerprint density at radius 3 is 2.40 bits per heavy atom. The topological polar surface area (TPSA) is 38.0 Å². The summed E-state index contributed by atoms with van der Waals surface area (Å²) in [5.41, 5.74) is 2.78. The monoisotopic (exact) mass is 424 g/mol. The largest absolute Gasteiger partial charge is 0.271 e. The molecule has 20 heavy (non-hydrogen) atoms. The van der Waals surface area contributed by atoms with Crippen LogP contribution in [-0.2, 0) is 0 Å². The molecule has 1 atom stereocenters. The maximum atomic E-state index is 14.2. The lowest BCUT2D eigenvalue weighted by Gasteiger charge is -2.20. The Labute approximate surface area is 136 Å². The fraction of sp³-hybridized carbons (Fsp3) is 0.0769. The summed E-state index contributed by atoms with van der Waals surface area (Å²) in [6.07, 6.45) is 0. The van der Waals surface area contributed by atoms with Crippen LogP contribution in [-0.4, -0.2) is 0 Å². The van der Waals surface area contributed by atoms with Crippen molar-refractivity contribution in [1.29, 1.82) is 0 Å². The van der Waals surface area contributed by atoms with Crippen LogP contribution in [0, 0.1) is 11.6 Å². The van der Waals surface area contributed by atoms with Crippen molar-refractivity contribution >= 4 is 43.5 Å². The molecule has 0 aromatic heterocycles. The van der Waals surface area contributed by atoms with Crippen LogP contribution in [0.4, 0.5) is 8.78 Å². The fourth-order valence-electron chi connectivity index (χ4n) is 1.87.